The Labute approximate surface area is 154 Å². The van der Waals surface area contributed by atoms with E-state index in [1.54, 1.807) is 17.5 Å². The molecule has 26 heavy (non-hydrogen) atoms. The molecule has 0 fully saturated rings. The topological polar surface area (TPSA) is 76.1 Å². The van der Waals surface area contributed by atoms with E-state index in [4.69, 9.17) is 0 Å². The number of halogens is 1. The second kappa shape index (κ2) is 7.35. The van der Waals surface area contributed by atoms with Crippen LogP contribution in [0.5, 0.6) is 0 Å². The van der Waals surface area contributed by atoms with Crippen LogP contribution in [0.1, 0.15) is 5.69 Å². The van der Waals surface area contributed by atoms with Gasteiger partial charge in [-0.25, -0.2) is 17.8 Å². The zero-order valence-electron chi connectivity index (χ0n) is 13.8. The standard InChI is InChI=1S/C18H15FN2O3S2/c1-26(23,24)16-7-5-14(6-8-16)20-17(22)10-15-11-25-18(21-15)12-3-2-4-13(19)9-12/h2-9,11H,10H2,1H3,(H,20,22). The Morgan fingerprint density at radius 2 is 1.92 bits per heavy atom. The number of carbonyl (C=O) groups excluding carboxylic acids is 1. The van der Waals surface area contributed by atoms with Crippen molar-refractivity contribution >= 4 is 32.8 Å². The van der Waals surface area contributed by atoms with Gasteiger partial charge in [0.05, 0.1) is 17.0 Å². The predicted molar refractivity (Wildman–Crippen MR) is 99.4 cm³/mol. The molecule has 0 radical (unpaired) electrons. The molecule has 134 valence electrons. The lowest BCUT2D eigenvalue weighted by molar-refractivity contribution is -0.115. The van der Waals surface area contributed by atoms with E-state index < -0.39 is 9.84 Å². The van der Waals surface area contributed by atoms with E-state index in [1.165, 1.54) is 47.7 Å². The number of anilines is 1. The van der Waals surface area contributed by atoms with Gasteiger partial charge in [0.1, 0.15) is 10.8 Å². The van der Waals surface area contributed by atoms with E-state index in [-0.39, 0.29) is 23.0 Å². The molecule has 0 bridgehead atoms. The fourth-order valence-electron chi connectivity index (χ4n) is 2.30. The molecule has 0 unspecified atom stereocenters. The molecule has 0 aliphatic carbocycles. The minimum absolute atomic E-state index is 0.0691. The van der Waals surface area contributed by atoms with Gasteiger partial charge in [-0.05, 0) is 36.4 Å². The number of aromatic nitrogens is 1. The third-order valence-corrected chi connectivity index (χ3v) is 5.60. The van der Waals surface area contributed by atoms with Crippen molar-refractivity contribution in [3.05, 3.63) is 65.4 Å². The van der Waals surface area contributed by atoms with Crippen LogP contribution in [-0.2, 0) is 21.1 Å². The molecule has 0 atom stereocenters. The van der Waals surface area contributed by atoms with Crippen molar-refractivity contribution in [2.45, 2.75) is 11.3 Å². The molecule has 8 heteroatoms. The molecule has 5 nitrogen and oxygen atoms in total. The van der Waals surface area contributed by atoms with Gasteiger partial charge < -0.3 is 5.32 Å². The van der Waals surface area contributed by atoms with Crippen molar-refractivity contribution < 1.29 is 17.6 Å². The van der Waals surface area contributed by atoms with Crippen molar-refractivity contribution in [3.63, 3.8) is 0 Å². The minimum atomic E-state index is -3.27. The molecule has 3 rings (SSSR count). The maximum Gasteiger partial charge on any atom is 0.230 e. The Morgan fingerprint density at radius 3 is 2.58 bits per heavy atom. The van der Waals surface area contributed by atoms with Crippen LogP contribution in [0.3, 0.4) is 0 Å². The first kappa shape index (κ1) is 18.2. The number of rotatable bonds is 5. The summed E-state index contributed by atoms with van der Waals surface area (Å²) in [6.07, 6.45) is 1.19. The second-order valence-electron chi connectivity index (χ2n) is 5.68. The van der Waals surface area contributed by atoms with Crippen LogP contribution in [0.4, 0.5) is 10.1 Å². The van der Waals surface area contributed by atoms with Crippen LogP contribution in [0.25, 0.3) is 10.6 Å². The lowest BCUT2D eigenvalue weighted by atomic mass is 10.2. The normalized spacial score (nSPS) is 11.3. The van der Waals surface area contributed by atoms with Crippen molar-refractivity contribution in [1.82, 2.24) is 4.98 Å². The zero-order valence-corrected chi connectivity index (χ0v) is 15.4. The number of benzene rings is 2. The molecule has 0 saturated heterocycles. The van der Waals surface area contributed by atoms with Gasteiger partial charge in [0.25, 0.3) is 0 Å². The van der Waals surface area contributed by atoms with Crippen LogP contribution in [0.15, 0.2) is 58.8 Å². The summed E-state index contributed by atoms with van der Waals surface area (Å²) in [6, 6.07) is 12.1. The smallest absolute Gasteiger partial charge is 0.230 e. The van der Waals surface area contributed by atoms with Crippen molar-refractivity contribution in [2.24, 2.45) is 0 Å². The Kier molecular flexibility index (Phi) is 5.15. The molecule has 2 aromatic carbocycles. The van der Waals surface area contributed by atoms with E-state index >= 15 is 0 Å². The number of nitrogens with one attached hydrogen (secondary N) is 1. The second-order valence-corrected chi connectivity index (χ2v) is 8.55. The summed E-state index contributed by atoms with van der Waals surface area (Å²) < 4.78 is 36.1. The summed E-state index contributed by atoms with van der Waals surface area (Å²) in [5.74, 6) is -0.609. The van der Waals surface area contributed by atoms with E-state index in [0.29, 0.717) is 22.0 Å². The molecule has 0 aliphatic rings. The molecular weight excluding hydrogens is 375 g/mol. The van der Waals surface area contributed by atoms with Crippen molar-refractivity contribution in [2.75, 3.05) is 11.6 Å². The largest absolute Gasteiger partial charge is 0.326 e. The Balaban J connectivity index is 1.65. The van der Waals surface area contributed by atoms with Gasteiger partial charge in [0.2, 0.25) is 5.91 Å². The zero-order chi connectivity index (χ0) is 18.7. The van der Waals surface area contributed by atoms with Crippen LogP contribution < -0.4 is 5.32 Å². The van der Waals surface area contributed by atoms with Crippen LogP contribution in [-0.4, -0.2) is 25.6 Å². The number of sulfone groups is 1. The third-order valence-electron chi connectivity index (χ3n) is 3.53. The van der Waals surface area contributed by atoms with Gasteiger partial charge in [-0.1, -0.05) is 12.1 Å². The molecule has 0 saturated carbocycles. The van der Waals surface area contributed by atoms with E-state index in [9.17, 15) is 17.6 Å². The van der Waals surface area contributed by atoms with Gasteiger partial charge in [-0.3, -0.25) is 4.79 Å². The summed E-state index contributed by atoms with van der Waals surface area (Å²) >= 11 is 1.34. The SMILES string of the molecule is CS(=O)(=O)c1ccc(NC(=O)Cc2csc(-c3cccc(F)c3)n2)cc1. The summed E-state index contributed by atoms with van der Waals surface area (Å²) in [5, 5.41) is 5.10. The third kappa shape index (κ3) is 4.53. The minimum Gasteiger partial charge on any atom is -0.326 e. The summed E-state index contributed by atoms with van der Waals surface area (Å²) in [7, 11) is -3.27. The summed E-state index contributed by atoms with van der Waals surface area (Å²) in [5.41, 5.74) is 1.75. The molecule has 0 aliphatic heterocycles. The molecule has 0 spiro atoms. The van der Waals surface area contributed by atoms with Gasteiger partial charge in [0, 0.05) is 22.9 Å². The number of thiazole rings is 1. The van der Waals surface area contributed by atoms with Crippen molar-refractivity contribution in [3.8, 4) is 10.6 Å². The number of hydrogen-bond acceptors (Lipinski definition) is 5. The average molecular weight is 390 g/mol. The Hall–Kier alpha value is -2.58. The monoisotopic (exact) mass is 390 g/mol. The first-order chi connectivity index (χ1) is 12.3. The first-order valence-corrected chi connectivity index (χ1v) is 10.4. The number of hydrogen-bond donors (Lipinski definition) is 1. The molecule has 1 N–H and O–H groups in total. The van der Waals surface area contributed by atoms with Crippen molar-refractivity contribution in [1.29, 1.82) is 0 Å². The lowest BCUT2D eigenvalue weighted by Gasteiger charge is -2.05. The van der Waals surface area contributed by atoms with E-state index in [1.807, 2.05) is 0 Å². The van der Waals surface area contributed by atoms with Gasteiger partial charge >= 0.3 is 0 Å². The first-order valence-electron chi connectivity index (χ1n) is 7.61. The maximum absolute atomic E-state index is 13.3. The Bertz CT molecular complexity index is 1040. The number of nitrogens with zero attached hydrogens (tertiary/aromatic N) is 1. The highest BCUT2D eigenvalue weighted by Gasteiger charge is 2.11. The van der Waals surface area contributed by atoms with Gasteiger partial charge in [0.15, 0.2) is 9.84 Å². The number of carbonyl (C=O) groups is 1. The van der Waals surface area contributed by atoms with Gasteiger partial charge in [-0.2, -0.15) is 0 Å². The molecule has 1 heterocycles. The molecular formula is C18H15FN2O3S2. The van der Waals surface area contributed by atoms with E-state index in [0.717, 1.165) is 6.26 Å². The maximum atomic E-state index is 13.3. The number of amides is 1. The highest BCUT2D eigenvalue weighted by molar-refractivity contribution is 7.90. The highest BCUT2D eigenvalue weighted by Crippen LogP contribution is 2.24. The summed E-state index contributed by atoms with van der Waals surface area (Å²) in [4.78, 5) is 16.7. The average Bonchev–Trinajstić information content (AvgIpc) is 3.03. The molecule has 3 aromatic rings. The van der Waals surface area contributed by atoms with Crippen LogP contribution >= 0.6 is 11.3 Å². The van der Waals surface area contributed by atoms with Crippen LogP contribution in [0, 0.1) is 5.82 Å². The Morgan fingerprint density at radius 1 is 1.19 bits per heavy atom. The molecule has 1 amide bonds. The molecule has 1 aromatic heterocycles. The quantitative estimate of drug-likeness (QED) is 0.723. The highest BCUT2D eigenvalue weighted by atomic mass is 32.2. The van der Waals surface area contributed by atoms with Gasteiger partial charge in [-0.15, -0.1) is 11.3 Å². The summed E-state index contributed by atoms with van der Waals surface area (Å²) in [6.45, 7) is 0. The lowest BCUT2D eigenvalue weighted by Crippen LogP contribution is -2.14. The predicted octanol–water partition coefficient (Wildman–Crippen LogP) is 3.53. The van der Waals surface area contributed by atoms with Crippen LogP contribution in [0.2, 0.25) is 0 Å². The fourth-order valence-corrected chi connectivity index (χ4v) is 3.74. The van der Waals surface area contributed by atoms with E-state index in [2.05, 4.69) is 10.3 Å². The fraction of sp³-hybridized carbons (Fsp3) is 0.111.